The lowest BCUT2D eigenvalue weighted by Gasteiger charge is -2.26. The van der Waals surface area contributed by atoms with Crippen molar-refractivity contribution in [3.05, 3.63) is 42.1 Å². The number of anilines is 1. The second-order valence-corrected chi connectivity index (χ2v) is 4.17. The molecule has 0 saturated carbocycles. The fraction of sp³-hybridized carbons (Fsp3) is 0.308. The van der Waals surface area contributed by atoms with Crippen LogP contribution in [0.2, 0.25) is 0 Å². The largest absolute Gasteiger partial charge is 0.497 e. The molecule has 4 heteroatoms. The monoisotopic (exact) mass is 229 g/mol. The first kappa shape index (κ1) is 10.2. The van der Waals surface area contributed by atoms with Crippen LogP contribution in [0, 0.1) is 0 Å². The van der Waals surface area contributed by atoms with E-state index in [4.69, 9.17) is 4.74 Å². The SMILES string of the molecule is COc1ccc(C2CCNc3ccnn32)cc1. The number of hydrogen-bond donors (Lipinski definition) is 1. The van der Waals surface area contributed by atoms with Crippen LogP contribution in [0.1, 0.15) is 18.0 Å². The van der Waals surface area contributed by atoms with Crippen LogP contribution < -0.4 is 10.1 Å². The molecule has 88 valence electrons. The van der Waals surface area contributed by atoms with Crippen LogP contribution in [0.15, 0.2) is 36.5 Å². The maximum absolute atomic E-state index is 5.18. The number of rotatable bonds is 2. The topological polar surface area (TPSA) is 39.1 Å². The van der Waals surface area contributed by atoms with Crippen LogP contribution in [0.25, 0.3) is 0 Å². The second-order valence-electron chi connectivity index (χ2n) is 4.17. The molecule has 1 unspecified atom stereocenters. The van der Waals surface area contributed by atoms with Gasteiger partial charge in [0.05, 0.1) is 19.3 Å². The molecule has 0 aliphatic carbocycles. The predicted octanol–water partition coefficient (Wildman–Crippen LogP) is 2.30. The third-order valence-corrected chi connectivity index (χ3v) is 3.19. The van der Waals surface area contributed by atoms with Crippen molar-refractivity contribution in [3.63, 3.8) is 0 Å². The number of aromatic nitrogens is 2. The van der Waals surface area contributed by atoms with Crippen molar-refractivity contribution in [1.82, 2.24) is 9.78 Å². The molecule has 0 bridgehead atoms. The summed E-state index contributed by atoms with van der Waals surface area (Å²) in [6, 6.07) is 10.6. The number of benzene rings is 1. The van der Waals surface area contributed by atoms with E-state index in [1.54, 1.807) is 7.11 Å². The van der Waals surface area contributed by atoms with Gasteiger partial charge in [0.2, 0.25) is 0 Å². The molecule has 0 saturated heterocycles. The van der Waals surface area contributed by atoms with E-state index in [0.717, 1.165) is 24.5 Å². The molecule has 2 aromatic rings. The van der Waals surface area contributed by atoms with Crippen molar-refractivity contribution in [2.45, 2.75) is 12.5 Å². The number of methoxy groups -OCH3 is 1. The Hall–Kier alpha value is -1.97. The lowest BCUT2D eigenvalue weighted by molar-refractivity contribution is 0.414. The Bertz CT molecular complexity index is 504. The first-order chi connectivity index (χ1) is 8.38. The molecule has 1 atom stereocenters. The summed E-state index contributed by atoms with van der Waals surface area (Å²) in [6.45, 7) is 0.988. The average Bonchev–Trinajstić information content (AvgIpc) is 2.87. The highest BCUT2D eigenvalue weighted by Gasteiger charge is 2.21. The summed E-state index contributed by atoms with van der Waals surface area (Å²) >= 11 is 0. The fourth-order valence-electron chi connectivity index (χ4n) is 2.30. The minimum Gasteiger partial charge on any atom is -0.497 e. The van der Waals surface area contributed by atoms with Crippen molar-refractivity contribution in [2.24, 2.45) is 0 Å². The molecule has 0 fully saturated rings. The van der Waals surface area contributed by atoms with Crippen molar-refractivity contribution in [1.29, 1.82) is 0 Å². The Morgan fingerprint density at radius 3 is 2.88 bits per heavy atom. The van der Waals surface area contributed by atoms with E-state index in [0.29, 0.717) is 6.04 Å². The smallest absolute Gasteiger partial charge is 0.124 e. The number of fused-ring (bicyclic) bond motifs is 1. The molecule has 0 radical (unpaired) electrons. The summed E-state index contributed by atoms with van der Waals surface area (Å²) in [4.78, 5) is 0. The van der Waals surface area contributed by atoms with Crippen molar-refractivity contribution < 1.29 is 4.74 Å². The maximum atomic E-state index is 5.18. The molecular weight excluding hydrogens is 214 g/mol. The minimum absolute atomic E-state index is 0.326. The summed E-state index contributed by atoms with van der Waals surface area (Å²) in [7, 11) is 1.69. The van der Waals surface area contributed by atoms with Crippen molar-refractivity contribution >= 4 is 5.82 Å². The third kappa shape index (κ3) is 1.75. The van der Waals surface area contributed by atoms with E-state index >= 15 is 0 Å². The number of ether oxygens (including phenoxy) is 1. The first-order valence-corrected chi connectivity index (χ1v) is 5.80. The van der Waals surface area contributed by atoms with Crippen molar-refractivity contribution in [3.8, 4) is 5.75 Å². The average molecular weight is 229 g/mol. The molecule has 4 nitrogen and oxygen atoms in total. The van der Waals surface area contributed by atoms with Gasteiger partial charge in [0.15, 0.2) is 0 Å². The van der Waals surface area contributed by atoms with Crippen LogP contribution in [-0.4, -0.2) is 23.4 Å². The van der Waals surface area contributed by atoms with Crippen LogP contribution in [0.3, 0.4) is 0 Å². The standard InChI is InChI=1S/C13H15N3O/c1-17-11-4-2-10(3-5-11)12-6-8-14-13-7-9-15-16(12)13/h2-5,7,9,12,14H,6,8H2,1H3. The van der Waals surface area contributed by atoms with Crippen LogP contribution in [0.5, 0.6) is 5.75 Å². The fourth-order valence-corrected chi connectivity index (χ4v) is 2.30. The molecule has 0 spiro atoms. The molecule has 0 amide bonds. The Balaban J connectivity index is 1.95. The highest BCUT2D eigenvalue weighted by molar-refractivity contribution is 5.39. The number of nitrogens with zero attached hydrogens (tertiary/aromatic N) is 2. The number of hydrogen-bond acceptors (Lipinski definition) is 3. The minimum atomic E-state index is 0.326. The second kappa shape index (κ2) is 4.13. The van der Waals surface area contributed by atoms with Gasteiger partial charge in [-0.15, -0.1) is 0 Å². The Kier molecular flexibility index (Phi) is 2.48. The highest BCUT2D eigenvalue weighted by Crippen LogP contribution is 2.29. The van der Waals surface area contributed by atoms with E-state index in [1.165, 1.54) is 5.56 Å². The van der Waals surface area contributed by atoms with E-state index in [-0.39, 0.29) is 0 Å². The highest BCUT2D eigenvalue weighted by atomic mass is 16.5. The van der Waals surface area contributed by atoms with Gasteiger partial charge in [-0.1, -0.05) is 12.1 Å². The zero-order valence-electron chi connectivity index (χ0n) is 9.76. The van der Waals surface area contributed by atoms with Crippen LogP contribution in [-0.2, 0) is 0 Å². The molecule has 17 heavy (non-hydrogen) atoms. The Morgan fingerprint density at radius 2 is 2.12 bits per heavy atom. The van der Waals surface area contributed by atoms with Crippen molar-refractivity contribution in [2.75, 3.05) is 19.0 Å². The zero-order chi connectivity index (χ0) is 11.7. The zero-order valence-corrected chi connectivity index (χ0v) is 9.76. The summed E-state index contributed by atoms with van der Waals surface area (Å²) < 4.78 is 7.22. The van der Waals surface area contributed by atoms with Gasteiger partial charge < -0.3 is 10.1 Å². The molecule has 1 aromatic heterocycles. The van der Waals surface area contributed by atoms with Gasteiger partial charge in [-0.05, 0) is 24.1 Å². The summed E-state index contributed by atoms with van der Waals surface area (Å²) in [5.41, 5.74) is 1.28. The molecule has 1 aliphatic heterocycles. The predicted molar refractivity (Wildman–Crippen MR) is 66.5 cm³/mol. The molecule has 1 N–H and O–H groups in total. The summed E-state index contributed by atoms with van der Waals surface area (Å²) in [5.74, 6) is 1.99. The van der Waals surface area contributed by atoms with E-state index in [9.17, 15) is 0 Å². The first-order valence-electron chi connectivity index (χ1n) is 5.80. The summed E-state index contributed by atoms with van der Waals surface area (Å²) in [5, 5.41) is 7.72. The molecular formula is C13H15N3O. The third-order valence-electron chi connectivity index (χ3n) is 3.19. The van der Waals surface area contributed by atoms with Gasteiger partial charge in [0.25, 0.3) is 0 Å². The Labute approximate surface area is 100 Å². The van der Waals surface area contributed by atoms with Gasteiger partial charge in [-0.25, -0.2) is 4.68 Å². The van der Waals surface area contributed by atoms with Gasteiger partial charge >= 0.3 is 0 Å². The molecule has 1 aromatic carbocycles. The van der Waals surface area contributed by atoms with E-state index < -0.39 is 0 Å². The maximum Gasteiger partial charge on any atom is 0.124 e. The lowest BCUT2D eigenvalue weighted by atomic mass is 10.0. The normalized spacial score (nSPS) is 18.3. The van der Waals surface area contributed by atoms with Gasteiger partial charge in [0.1, 0.15) is 11.6 Å². The summed E-state index contributed by atoms with van der Waals surface area (Å²) in [6.07, 6.45) is 2.89. The number of nitrogens with one attached hydrogen (secondary N) is 1. The molecule has 1 aliphatic rings. The van der Waals surface area contributed by atoms with E-state index in [1.807, 2.05) is 29.1 Å². The van der Waals surface area contributed by atoms with Crippen LogP contribution >= 0.6 is 0 Å². The van der Waals surface area contributed by atoms with E-state index in [2.05, 4.69) is 22.5 Å². The van der Waals surface area contributed by atoms with Gasteiger partial charge in [-0.3, -0.25) is 0 Å². The van der Waals surface area contributed by atoms with Gasteiger partial charge in [0, 0.05) is 12.6 Å². The quantitative estimate of drug-likeness (QED) is 0.858. The van der Waals surface area contributed by atoms with Crippen LogP contribution in [0.4, 0.5) is 5.82 Å². The molecule has 2 heterocycles. The van der Waals surface area contributed by atoms with Gasteiger partial charge in [-0.2, -0.15) is 5.10 Å². The Morgan fingerprint density at radius 1 is 1.29 bits per heavy atom. The molecule has 3 rings (SSSR count). The lowest BCUT2D eigenvalue weighted by Crippen LogP contribution is -2.24.